The van der Waals surface area contributed by atoms with Crippen LogP contribution in [0.15, 0.2) is 65.4 Å². The zero-order valence-corrected chi connectivity index (χ0v) is 17.8. The van der Waals surface area contributed by atoms with Crippen LogP contribution in [0.2, 0.25) is 0 Å². The summed E-state index contributed by atoms with van der Waals surface area (Å²) in [6, 6.07) is 16.8. The maximum Gasteiger partial charge on any atom is 0.0698 e. The van der Waals surface area contributed by atoms with Crippen molar-refractivity contribution in [2.75, 3.05) is 55.9 Å². The van der Waals surface area contributed by atoms with Gasteiger partial charge in [-0.15, -0.1) is 0 Å². The van der Waals surface area contributed by atoms with Crippen molar-refractivity contribution in [1.29, 1.82) is 0 Å². The van der Waals surface area contributed by atoms with Gasteiger partial charge in [-0.1, -0.05) is 13.8 Å². The van der Waals surface area contributed by atoms with Crippen LogP contribution < -0.4 is 15.1 Å². The molecule has 2 aromatic rings. The monoisotopic (exact) mass is 379 g/mol. The van der Waals surface area contributed by atoms with Crippen LogP contribution in [0.5, 0.6) is 0 Å². The van der Waals surface area contributed by atoms with E-state index in [4.69, 9.17) is 0 Å². The van der Waals surface area contributed by atoms with Gasteiger partial charge in [0.1, 0.15) is 0 Å². The first-order chi connectivity index (χ1) is 13.5. The lowest BCUT2D eigenvalue weighted by Gasteiger charge is -2.21. The van der Waals surface area contributed by atoms with E-state index in [1.54, 1.807) is 0 Å². The van der Waals surface area contributed by atoms with Gasteiger partial charge < -0.3 is 15.1 Å². The summed E-state index contributed by atoms with van der Waals surface area (Å²) in [5.41, 5.74) is 5.39. The zero-order chi connectivity index (χ0) is 20.5. The molecule has 1 N–H and O–H groups in total. The van der Waals surface area contributed by atoms with E-state index in [1.807, 2.05) is 27.3 Å². The summed E-state index contributed by atoms with van der Waals surface area (Å²) >= 11 is 0. The molecule has 5 heteroatoms. The Balaban J connectivity index is 2.04. The molecular weight excluding hydrogens is 346 g/mol. The molecule has 0 bridgehead atoms. The molecule has 0 heterocycles. The fraction of sp³-hybridized carbons (Fsp3) is 0.348. The molecule has 0 aliphatic rings. The summed E-state index contributed by atoms with van der Waals surface area (Å²) in [6.07, 6.45) is 2.05. The highest BCUT2D eigenvalue weighted by Crippen LogP contribution is 2.23. The summed E-state index contributed by atoms with van der Waals surface area (Å²) in [7, 11) is 6.12. The van der Waals surface area contributed by atoms with E-state index in [1.165, 1.54) is 5.69 Å². The molecule has 150 valence electrons. The largest absolute Gasteiger partial charge is 0.378 e. The van der Waals surface area contributed by atoms with E-state index in [2.05, 4.69) is 94.1 Å². The molecule has 0 aliphatic heterocycles. The van der Waals surface area contributed by atoms with E-state index >= 15 is 0 Å². The van der Waals surface area contributed by atoms with Crippen molar-refractivity contribution in [1.82, 2.24) is 4.90 Å². The Labute approximate surface area is 170 Å². The van der Waals surface area contributed by atoms with Gasteiger partial charge in [0.15, 0.2) is 0 Å². The predicted octanol–water partition coefficient (Wildman–Crippen LogP) is 4.82. The van der Waals surface area contributed by atoms with Gasteiger partial charge in [0.2, 0.25) is 0 Å². The van der Waals surface area contributed by atoms with E-state index in [-0.39, 0.29) is 0 Å². The van der Waals surface area contributed by atoms with Crippen LogP contribution >= 0.6 is 0 Å². The summed E-state index contributed by atoms with van der Waals surface area (Å²) in [6.45, 7) is 10.9. The molecule has 0 radical (unpaired) electrons. The highest BCUT2D eigenvalue weighted by atomic mass is 15.1. The summed E-state index contributed by atoms with van der Waals surface area (Å²) < 4.78 is 0. The molecule has 0 fully saturated rings. The first kappa shape index (κ1) is 21.5. The number of aliphatic imine (C=N–C) groups is 1. The normalized spacial score (nSPS) is 11.4. The lowest BCUT2D eigenvalue weighted by Crippen LogP contribution is -2.25. The first-order valence-electron chi connectivity index (χ1n) is 9.73. The van der Waals surface area contributed by atoms with Gasteiger partial charge in [-0.3, -0.25) is 9.89 Å². The van der Waals surface area contributed by atoms with Crippen LogP contribution in [0, 0.1) is 0 Å². The Bertz CT molecular complexity index is 759. The molecular formula is C23H33N5. The highest BCUT2D eigenvalue weighted by molar-refractivity contribution is 5.65. The summed E-state index contributed by atoms with van der Waals surface area (Å²) in [5.74, 6) is 0. The minimum absolute atomic E-state index is 0.809. The third-order valence-electron chi connectivity index (χ3n) is 4.77. The van der Waals surface area contributed by atoms with E-state index in [9.17, 15) is 0 Å². The Morgan fingerprint density at radius 1 is 0.893 bits per heavy atom. The van der Waals surface area contributed by atoms with Gasteiger partial charge in [0.25, 0.3) is 0 Å². The Kier molecular flexibility index (Phi) is 8.08. The minimum Gasteiger partial charge on any atom is -0.378 e. The van der Waals surface area contributed by atoms with Crippen molar-refractivity contribution in [3.63, 3.8) is 0 Å². The number of nitrogens with one attached hydrogen (secondary N) is 1. The number of benzene rings is 2. The Morgan fingerprint density at radius 3 is 1.82 bits per heavy atom. The number of hydrogen-bond donors (Lipinski definition) is 1. The molecule has 0 amide bonds. The fourth-order valence-electron chi connectivity index (χ4n) is 2.90. The summed E-state index contributed by atoms with van der Waals surface area (Å²) in [5, 5.41) is 3.44. The minimum atomic E-state index is 0.809. The van der Waals surface area contributed by atoms with Crippen molar-refractivity contribution in [3.8, 4) is 0 Å². The molecule has 0 atom stereocenters. The fourth-order valence-corrected chi connectivity index (χ4v) is 2.90. The van der Waals surface area contributed by atoms with E-state index in [0.717, 1.165) is 42.4 Å². The summed E-state index contributed by atoms with van der Waals surface area (Å²) in [4.78, 5) is 10.7. The van der Waals surface area contributed by atoms with Gasteiger partial charge in [-0.25, -0.2) is 0 Å². The Hall–Kier alpha value is -2.79. The Morgan fingerprint density at radius 2 is 1.39 bits per heavy atom. The molecule has 2 rings (SSSR count). The lowest BCUT2D eigenvalue weighted by molar-refractivity contribution is 0.329. The van der Waals surface area contributed by atoms with Crippen molar-refractivity contribution in [2.24, 2.45) is 4.99 Å². The van der Waals surface area contributed by atoms with Crippen LogP contribution in [0.25, 0.3) is 0 Å². The molecule has 0 saturated carbocycles. The second-order valence-corrected chi connectivity index (χ2v) is 6.96. The van der Waals surface area contributed by atoms with Crippen LogP contribution in [-0.4, -0.2) is 52.4 Å². The molecule has 0 unspecified atom stereocenters. The standard InChI is InChI=1S/C23H33N5/c1-7-28(8-2)18-21(24-3)17-27(6)23-15-11-20(12-16-23)25-19-9-13-22(14-10-19)26(4)5/h9-17,25H,3,7-8,18H2,1-2,4-6H3/b21-17-. The second kappa shape index (κ2) is 10.5. The average molecular weight is 380 g/mol. The maximum atomic E-state index is 4.19. The van der Waals surface area contributed by atoms with Gasteiger partial charge in [-0.05, 0) is 68.3 Å². The number of rotatable bonds is 10. The third-order valence-corrected chi connectivity index (χ3v) is 4.77. The molecule has 0 aliphatic carbocycles. The number of anilines is 4. The molecule has 28 heavy (non-hydrogen) atoms. The molecule has 0 saturated heterocycles. The van der Waals surface area contributed by atoms with Crippen LogP contribution in [0.1, 0.15) is 13.8 Å². The van der Waals surface area contributed by atoms with Crippen LogP contribution in [0.4, 0.5) is 22.7 Å². The molecule has 5 nitrogen and oxygen atoms in total. The van der Waals surface area contributed by atoms with Gasteiger partial charge in [-0.2, -0.15) is 0 Å². The quantitative estimate of drug-likeness (QED) is 0.600. The SMILES string of the molecule is C=N/C(=C\N(C)c1ccc(Nc2ccc(N(C)C)cc2)cc1)CN(CC)CC. The highest BCUT2D eigenvalue weighted by Gasteiger charge is 2.05. The van der Waals surface area contributed by atoms with Crippen molar-refractivity contribution in [2.45, 2.75) is 13.8 Å². The molecule has 0 aromatic heterocycles. The number of likely N-dealkylation sites (N-methyl/N-ethyl adjacent to an activating group) is 1. The number of hydrogen-bond acceptors (Lipinski definition) is 5. The van der Waals surface area contributed by atoms with Crippen molar-refractivity contribution in [3.05, 3.63) is 60.4 Å². The van der Waals surface area contributed by atoms with Gasteiger partial charge >= 0.3 is 0 Å². The van der Waals surface area contributed by atoms with Gasteiger partial charge in [0.05, 0.1) is 5.70 Å². The maximum absolute atomic E-state index is 4.19. The van der Waals surface area contributed by atoms with E-state index in [0.29, 0.717) is 0 Å². The van der Waals surface area contributed by atoms with Crippen LogP contribution in [-0.2, 0) is 0 Å². The number of nitrogens with zero attached hydrogens (tertiary/aromatic N) is 4. The average Bonchev–Trinajstić information content (AvgIpc) is 2.71. The third kappa shape index (κ3) is 6.13. The zero-order valence-electron chi connectivity index (χ0n) is 17.8. The molecule has 2 aromatic carbocycles. The first-order valence-corrected chi connectivity index (χ1v) is 9.73. The lowest BCUT2D eigenvalue weighted by atomic mass is 10.2. The van der Waals surface area contributed by atoms with Gasteiger partial charge in [0, 0.05) is 56.6 Å². The van der Waals surface area contributed by atoms with Crippen LogP contribution in [0.3, 0.4) is 0 Å². The van der Waals surface area contributed by atoms with E-state index < -0.39 is 0 Å². The van der Waals surface area contributed by atoms with Crippen molar-refractivity contribution >= 4 is 29.5 Å². The predicted molar refractivity (Wildman–Crippen MR) is 124 cm³/mol. The smallest absolute Gasteiger partial charge is 0.0698 e. The molecule has 0 spiro atoms. The second-order valence-electron chi connectivity index (χ2n) is 6.96. The topological polar surface area (TPSA) is 34.1 Å². The van der Waals surface area contributed by atoms with Crippen molar-refractivity contribution < 1.29 is 0 Å².